The Balaban J connectivity index is 1.66. The highest BCUT2D eigenvalue weighted by atomic mass is 35.5. The quantitative estimate of drug-likeness (QED) is 0.389. The van der Waals surface area contributed by atoms with Crippen LogP contribution in [0.25, 0.3) is 22.0 Å². The molecule has 0 spiro atoms. The van der Waals surface area contributed by atoms with Gasteiger partial charge < -0.3 is 10.4 Å². The van der Waals surface area contributed by atoms with Crippen molar-refractivity contribution in [2.24, 2.45) is 11.8 Å². The molecule has 0 radical (unpaired) electrons. The van der Waals surface area contributed by atoms with Crippen LogP contribution in [0.2, 0.25) is 5.02 Å². The first-order valence-corrected chi connectivity index (χ1v) is 11.8. The molecule has 33 heavy (non-hydrogen) atoms. The van der Waals surface area contributed by atoms with E-state index in [-0.39, 0.29) is 33.9 Å². The van der Waals surface area contributed by atoms with Crippen LogP contribution in [0.15, 0.2) is 30.5 Å². The Hall–Kier alpha value is -2.73. The minimum Gasteiger partial charge on any atom is -0.504 e. The second kappa shape index (κ2) is 8.56. The van der Waals surface area contributed by atoms with Crippen molar-refractivity contribution in [3.8, 4) is 16.9 Å². The Morgan fingerprint density at radius 3 is 2.45 bits per heavy atom. The van der Waals surface area contributed by atoms with Crippen LogP contribution >= 0.6 is 11.6 Å². The number of carbonyl (C=O) groups excluding carboxylic acids is 1. The van der Waals surface area contributed by atoms with Gasteiger partial charge in [-0.2, -0.15) is 0 Å². The molecule has 2 fully saturated rings. The molecule has 2 saturated carbocycles. The van der Waals surface area contributed by atoms with Crippen molar-refractivity contribution in [3.05, 3.63) is 52.7 Å². The van der Waals surface area contributed by atoms with Gasteiger partial charge in [0.2, 0.25) is 0 Å². The number of aromatic nitrogens is 1. The molecule has 0 unspecified atom stereocenters. The van der Waals surface area contributed by atoms with Crippen LogP contribution in [0, 0.1) is 23.5 Å². The number of nitrogens with one attached hydrogen (secondary N) is 1. The van der Waals surface area contributed by atoms with Crippen molar-refractivity contribution in [1.82, 2.24) is 4.98 Å². The van der Waals surface area contributed by atoms with Gasteiger partial charge in [-0.25, -0.2) is 8.78 Å². The van der Waals surface area contributed by atoms with Gasteiger partial charge in [-0.3, -0.25) is 9.78 Å². The number of carbonyl (C=O) groups is 1. The highest BCUT2D eigenvalue weighted by Gasteiger charge is 2.33. The maximum Gasteiger partial charge on any atom is 0.170 e. The Bertz CT molecular complexity index is 1230. The molecular formula is C26H25ClF2N2O2. The van der Waals surface area contributed by atoms with Gasteiger partial charge in [-0.05, 0) is 68.2 Å². The fourth-order valence-corrected chi connectivity index (χ4v) is 4.88. The minimum atomic E-state index is -0.928. The highest BCUT2D eigenvalue weighted by molar-refractivity contribution is 6.32. The Morgan fingerprint density at radius 2 is 1.79 bits per heavy atom. The topological polar surface area (TPSA) is 62.2 Å². The monoisotopic (exact) mass is 470 g/mol. The number of phenolic OH excluding ortho intramolecular Hbond substituents is 1. The number of pyridine rings is 1. The molecule has 2 aromatic carbocycles. The van der Waals surface area contributed by atoms with Crippen molar-refractivity contribution in [1.29, 1.82) is 0 Å². The van der Waals surface area contributed by atoms with E-state index < -0.39 is 17.4 Å². The largest absolute Gasteiger partial charge is 0.504 e. The number of phenols is 1. The number of rotatable bonds is 5. The van der Waals surface area contributed by atoms with Crippen LogP contribution in [-0.4, -0.2) is 21.9 Å². The van der Waals surface area contributed by atoms with E-state index in [4.69, 9.17) is 11.6 Å². The number of halogens is 3. The molecule has 172 valence electrons. The Kier molecular flexibility index (Phi) is 5.73. The third kappa shape index (κ3) is 4.29. The zero-order chi connectivity index (χ0) is 23.3. The predicted octanol–water partition coefficient (Wildman–Crippen LogP) is 7.12. The van der Waals surface area contributed by atoms with Gasteiger partial charge in [-0.1, -0.05) is 18.5 Å². The highest BCUT2D eigenvalue weighted by Crippen LogP contribution is 2.40. The van der Waals surface area contributed by atoms with E-state index in [1.807, 2.05) is 0 Å². The molecule has 3 aromatic rings. The molecule has 7 heteroatoms. The Morgan fingerprint density at radius 1 is 1.06 bits per heavy atom. The number of hydrogen-bond acceptors (Lipinski definition) is 4. The predicted molar refractivity (Wildman–Crippen MR) is 126 cm³/mol. The van der Waals surface area contributed by atoms with Gasteiger partial charge in [0.15, 0.2) is 17.3 Å². The van der Waals surface area contributed by atoms with Crippen LogP contribution in [0.3, 0.4) is 0 Å². The van der Waals surface area contributed by atoms with Crippen molar-refractivity contribution < 1.29 is 18.7 Å². The molecule has 2 aliphatic carbocycles. The zero-order valence-electron chi connectivity index (χ0n) is 18.3. The first-order chi connectivity index (χ1) is 15.8. The maximum atomic E-state index is 15.0. The van der Waals surface area contributed by atoms with Crippen molar-refractivity contribution >= 4 is 34.0 Å². The smallest absolute Gasteiger partial charge is 0.170 e. The van der Waals surface area contributed by atoms with E-state index in [2.05, 4.69) is 17.2 Å². The third-order valence-electron chi connectivity index (χ3n) is 6.86. The Labute approximate surface area is 196 Å². The summed E-state index contributed by atoms with van der Waals surface area (Å²) < 4.78 is 29.2. The van der Waals surface area contributed by atoms with Gasteiger partial charge in [0.1, 0.15) is 5.82 Å². The maximum absolute atomic E-state index is 15.0. The van der Waals surface area contributed by atoms with E-state index in [0.717, 1.165) is 44.6 Å². The molecule has 2 aliphatic rings. The lowest BCUT2D eigenvalue weighted by Crippen LogP contribution is -2.26. The van der Waals surface area contributed by atoms with Crippen LogP contribution in [0.4, 0.5) is 14.5 Å². The summed E-state index contributed by atoms with van der Waals surface area (Å²) >= 11 is 5.94. The summed E-state index contributed by atoms with van der Waals surface area (Å²) in [6.45, 7) is 2.25. The van der Waals surface area contributed by atoms with Crippen LogP contribution in [0.1, 0.15) is 55.8 Å². The summed E-state index contributed by atoms with van der Waals surface area (Å²) in [7, 11) is 0. The van der Waals surface area contributed by atoms with Crippen molar-refractivity contribution in [2.75, 3.05) is 5.32 Å². The summed E-state index contributed by atoms with van der Waals surface area (Å²) in [5.74, 6) is -1.44. The van der Waals surface area contributed by atoms with E-state index >= 15 is 4.39 Å². The number of ketones is 1. The van der Waals surface area contributed by atoms with Gasteiger partial charge in [0, 0.05) is 35.2 Å². The number of hydrogen-bond donors (Lipinski definition) is 2. The summed E-state index contributed by atoms with van der Waals surface area (Å²) in [6, 6.07) is 5.48. The number of anilines is 1. The van der Waals surface area contributed by atoms with Gasteiger partial charge in [0.25, 0.3) is 0 Å². The van der Waals surface area contributed by atoms with Crippen LogP contribution < -0.4 is 5.32 Å². The number of fused-ring (bicyclic) bond motifs is 1. The minimum absolute atomic E-state index is 0.0149. The fourth-order valence-electron chi connectivity index (χ4n) is 4.67. The first kappa shape index (κ1) is 22.1. The molecule has 0 aliphatic heterocycles. The fraction of sp³-hybridized carbons (Fsp3) is 0.385. The number of aromatic hydroxyl groups is 1. The van der Waals surface area contributed by atoms with E-state index in [1.54, 1.807) is 12.3 Å². The molecule has 1 aromatic heterocycles. The molecule has 5 rings (SSSR count). The van der Waals surface area contributed by atoms with Gasteiger partial charge >= 0.3 is 0 Å². The summed E-state index contributed by atoms with van der Waals surface area (Å²) in [5, 5.41) is 13.7. The zero-order valence-corrected chi connectivity index (χ0v) is 19.1. The standard InChI is InChI=1S/C26H25ClF2N2O2/c1-13-2-6-16(7-3-13)31-24-18-10-17(15-8-20(27)26(33)22(29)9-15)21(28)11-23(18)30-12-19(24)25(32)14-4-5-14/h8-14,16,33H,2-7H2,1H3,(H,30,31). The number of nitrogens with zero attached hydrogens (tertiary/aromatic N) is 1. The molecule has 0 saturated heterocycles. The van der Waals surface area contributed by atoms with E-state index in [1.165, 1.54) is 12.1 Å². The molecule has 0 amide bonds. The lowest BCUT2D eigenvalue weighted by molar-refractivity contribution is 0.0968. The van der Waals surface area contributed by atoms with E-state index in [0.29, 0.717) is 28.1 Å². The van der Waals surface area contributed by atoms with Crippen LogP contribution in [0.5, 0.6) is 5.75 Å². The summed E-state index contributed by atoms with van der Waals surface area (Å²) in [4.78, 5) is 17.4. The lowest BCUT2D eigenvalue weighted by Gasteiger charge is -2.29. The van der Waals surface area contributed by atoms with Crippen molar-refractivity contribution in [2.45, 2.75) is 51.5 Å². The molecule has 0 bridgehead atoms. The van der Waals surface area contributed by atoms with E-state index in [9.17, 15) is 14.3 Å². The SMILES string of the molecule is CC1CCC(Nc2c(C(=O)C3CC3)cnc3cc(F)c(-c4cc(F)c(O)c(Cl)c4)cc23)CC1. The van der Waals surface area contributed by atoms with Crippen LogP contribution in [-0.2, 0) is 0 Å². The molecule has 0 atom stereocenters. The van der Waals surface area contributed by atoms with Crippen molar-refractivity contribution in [3.63, 3.8) is 0 Å². The first-order valence-electron chi connectivity index (χ1n) is 11.4. The number of benzene rings is 2. The second-order valence-electron chi connectivity index (χ2n) is 9.42. The molecular weight excluding hydrogens is 446 g/mol. The summed E-state index contributed by atoms with van der Waals surface area (Å²) in [6.07, 6.45) is 7.50. The average molecular weight is 471 g/mol. The second-order valence-corrected chi connectivity index (χ2v) is 9.83. The van der Waals surface area contributed by atoms with Gasteiger partial charge in [0.05, 0.1) is 21.8 Å². The number of Topliss-reactive ketones (excluding diaryl/α,β-unsaturated/α-hetero) is 1. The van der Waals surface area contributed by atoms with Gasteiger partial charge in [-0.15, -0.1) is 0 Å². The average Bonchev–Trinajstić information content (AvgIpc) is 3.63. The lowest BCUT2D eigenvalue weighted by atomic mass is 9.87. The molecule has 1 heterocycles. The molecule has 2 N–H and O–H groups in total. The third-order valence-corrected chi connectivity index (χ3v) is 7.15. The summed E-state index contributed by atoms with van der Waals surface area (Å²) in [5.41, 5.74) is 1.94. The normalized spacial score (nSPS) is 20.7. The molecule has 4 nitrogen and oxygen atoms in total.